The topological polar surface area (TPSA) is 216 Å². The van der Waals surface area contributed by atoms with Gasteiger partial charge < -0.3 is 34.4 Å². The number of carbonyl (C=O) groups excluding carboxylic acids is 2. The first kappa shape index (κ1) is 60.0. The zero-order chi connectivity index (χ0) is 46.0. The molecule has 0 spiro atoms. The van der Waals surface area contributed by atoms with E-state index >= 15 is 0 Å². The molecule has 0 saturated heterocycles. The second kappa shape index (κ2) is 41.7. The van der Waals surface area contributed by atoms with E-state index in [-0.39, 0.29) is 12.8 Å². The van der Waals surface area contributed by atoms with Gasteiger partial charge in [0.15, 0.2) is 6.10 Å². The molecule has 0 rings (SSSR count). The van der Waals surface area contributed by atoms with Crippen molar-refractivity contribution >= 4 is 27.6 Å². The van der Waals surface area contributed by atoms with Crippen molar-refractivity contribution in [3.63, 3.8) is 0 Å². The van der Waals surface area contributed by atoms with E-state index in [0.29, 0.717) is 19.3 Å². The average molecular weight is 923 g/mol. The van der Waals surface area contributed by atoms with Gasteiger partial charge in [0.1, 0.15) is 12.7 Å². The highest BCUT2D eigenvalue weighted by Crippen LogP contribution is 2.43. The van der Waals surface area contributed by atoms with Crippen LogP contribution in [0.3, 0.4) is 0 Å². The molecule has 5 N–H and O–H groups in total. The number of aliphatic hydroxyl groups is 2. The molecule has 0 fully saturated rings. The SMILES string of the molecule is CCCCCCCC/C=C\CCCCCCCCCC(=O)O[C@H](COC(=O)CCCC(O)/C=C/C=C/C/C=C/CCCCCCCC)COP(=O)(O)OC[C@@H](O)COP(=O)(O)O. The summed E-state index contributed by atoms with van der Waals surface area (Å²) in [4.78, 5) is 52.8. The maximum atomic E-state index is 12.7. The minimum atomic E-state index is -4.88. The summed E-state index contributed by atoms with van der Waals surface area (Å²) in [5, 5.41) is 20.0. The predicted molar refractivity (Wildman–Crippen MR) is 245 cm³/mol. The Bertz CT molecular complexity index is 1300. The molecule has 4 atom stereocenters. The quantitative estimate of drug-likeness (QED) is 0.0126. The number of ether oxygens (including phenoxy) is 2. The molecule has 0 saturated carbocycles. The van der Waals surface area contributed by atoms with Gasteiger partial charge in [-0.15, -0.1) is 0 Å². The third kappa shape index (κ3) is 44.6. The van der Waals surface area contributed by atoms with Crippen molar-refractivity contribution < 1.29 is 66.7 Å². The number of unbranched alkanes of at least 4 members (excludes halogenated alkanes) is 19. The molecule has 14 nitrogen and oxygen atoms in total. The van der Waals surface area contributed by atoms with E-state index in [1.807, 2.05) is 12.2 Å². The van der Waals surface area contributed by atoms with Gasteiger partial charge in [-0.3, -0.25) is 23.2 Å². The number of esters is 2. The van der Waals surface area contributed by atoms with Gasteiger partial charge in [0.25, 0.3) is 0 Å². The minimum absolute atomic E-state index is 0.0300. The summed E-state index contributed by atoms with van der Waals surface area (Å²) >= 11 is 0. The molecule has 0 radical (unpaired) electrons. The summed E-state index contributed by atoms with van der Waals surface area (Å²) in [6.45, 7) is 1.55. The van der Waals surface area contributed by atoms with Crippen LogP contribution in [-0.4, -0.2) is 81.6 Å². The van der Waals surface area contributed by atoms with Crippen LogP contribution in [0.25, 0.3) is 0 Å². The summed E-state index contributed by atoms with van der Waals surface area (Å²) in [5.74, 6) is -1.23. The van der Waals surface area contributed by atoms with Crippen LogP contribution in [0.4, 0.5) is 0 Å². The Labute approximate surface area is 373 Å². The van der Waals surface area contributed by atoms with E-state index in [4.69, 9.17) is 23.8 Å². The minimum Gasteiger partial charge on any atom is -0.462 e. The molecule has 0 aromatic rings. The Kier molecular flexibility index (Phi) is 40.4. The maximum absolute atomic E-state index is 12.7. The first-order chi connectivity index (χ1) is 29.8. The number of rotatable bonds is 44. The Balaban J connectivity index is 4.65. The second-order valence-electron chi connectivity index (χ2n) is 15.9. The molecule has 0 heterocycles. The molecule has 16 heteroatoms. The van der Waals surface area contributed by atoms with Crippen molar-refractivity contribution in [2.24, 2.45) is 0 Å². The van der Waals surface area contributed by atoms with Gasteiger partial charge in [-0.25, -0.2) is 9.13 Å². The van der Waals surface area contributed by atoms with Crippen molar-refractivity contribution in [1.82, 2.24) is 0 Å². The van der Waals surface area contributed by atoms with Gasteiger partial charge in [-0.05, 0) is 64.2 Å². The van der Waals surface area contributed by atoms with Crippen molar-refractivity contribution in [1.29, 1.82) is 0 Å². The zero-order valence-corrected chi connectivity index (χ0v) is 39.9. The fraction of sp³-hybridized carbons (Fsp3) is 0.783. The summed E-state index contributed by atoms with van der Waals surface area (Å²) in [7, 11) is -9.74. The molecule has 0 aliphatic rings. The Morgan fingerprint density at radius 3 is 1.58 bits per heavy atom. The lowest BCUT2D eigenvalue weighted by molar-refractivity contribution is -0.161. The fourth-order valence-electron chi connectivity index (χ4n) is 6.18. The Morgan fingerprint density at radius 2 is 1.02 bits per heavy atom. The van der Waals surface area contributed by atoms with E-state index in [1.54, 1.807) is 12.2 Å². The summed E-state index contributed by atoms with van der Waals surface area (Å²) in [6.07, 6.45) is 39.8. The molecular weight excluding hydrogens is 838 g/mol. The third-order valence-corrected chi connectivity index (χ3v) is 11.2. The van der Waals surface area contributed by atoms with Crippen LogP contribution in [0.2, 0.25) is 0 Å². The molecule has 0 aromatic heterocycles. The van der Waals surface area contributed by atoms with Crippen molar-refractivity contribution in [3.05, 3.63) is 48.6 Å². The van der Waals surface area contributed by atoms with Gasteiger partial charge in [0.2, 0.25) is 0 Å². The van der Waals surface area contributed by atoms with Gasteiger partial charge >= 0.3 is 27.6 Å². The Hall–Kier alpha value is -1.96. The van der Waals surface area contributed by atoms with Crippen LogP contribution in [0.15, 0.2) is 48.6 Å². The van der Waals surface area contributed by atoms with Crippen LogP contribution in [0.5, 0.6) is 0 Å². The number of aliphatic hydroxyl groups excluding tert-OH is 2. The number of hydrogen-bond acceptors (Lipinski definition) is 11. The lowest BCUT2D eigenvalue weighted by Crippen LogP contribution is -2.30. The van der Waals surface area contributed by atoms with E-state index in [1.165, 1.54) is 83.5 Å². The molecule has 0 aliphatic heterocycles. The van der Waals surface area contributed by atoms with Crippen molar-refractivity contribution in [2.45, 2.75) is 206 Å². The van der Waals surface area contributed by atoms with Crippen LogP contribution in [-0.2, 0) is 41.8 Å². The Morgan fingerprint density at radius 1 is 0.532 bits per heavy atom. The average Bonchev–Trinajstić information content (AvgIpc) is 3.22. The molecule has 0 amide bonds. The lowest BCUT2D eigenvalue weighted by atomic mass is 10.1. The number of phosphoric ester groups is 2. The molecule has 2 unspecified atom stereocenters. The first-order valence-corrected chi connectivity index (χ1v) is 26.5. The molecule has 362 valence electrons. The number of hydrogen-bond donors (Lipinski definition) is 5. The number of carbonyl (C=O) groups is 2. The largest absolute Gasteiger partial charge is 0.472 e. The fourth-order valence-corrected chi connectivity index (χ4v) is 7.33. The maximum Gasteiger partial charge on any atom is 0.472 e. The molecular formula is C46H84O14P2. The highest BCUT2D eigenvalue weighted by Gasteiger charge is 2.28. The van der Waals surface area contributed by atoms with Gasteiger partial charge in [0.05, 0.1) is 25.9 Å². The predicted octanol–water partition coefficient (Wildman–Crippen LogP) is 11.2. The zero-order valence-electron chi connectivity index (χ0n) is 38.1. The molecule has 0 bridgehead atoms. The molecule has 0 aliphatic carbocycles. The highest BCUT2D eigenvalue weighted by atomic mass is 31.2. The van der Waals surface area contributed by atoms with Crippen LogP contribution in [0, 0.1) is 0 Å². The van der Waals surface area contributed by atoms with Crippen LogP contribution < -0.4 is 0 Å². The number of phosphoric acid groups is 2. The summed E-state index contributed by atoms with van der Waals surface area (Å²) in [5.41, 5.74) is 0. The van der Waals surface area contributed by atoms with Gasteiger partial charge in [-0.1, -0.05) is 159 Å². The van der Waals surface area contributed by atoms with E-state index in [9.17, 15) is 33.8 Å². The summed E-state index contributed by atoms with van der Waals surface area (Å²) in [6, 6.07) is 0. The van der Waals surface area contributed by atoms with E-state index < -0.39 is 72.3 Å². The molecule has 62 heavy (non-hydrogen) atoms. The van der Waals surface area contributed by atoms with Crippen LogP contribution in [0.1, 0.15) is 187 Å². The van der Waals surface area contributed by atoms with E-state index in [0.717, 1.165) is 57.8 Å². The summed E-state index contributed by atoms with van der Waals surface area (Å²) < 4.78 is 47.7. The highest BCUT2D eigenvalue weighted by molar-refractivity contribution is 7.47. The van der Waals surface area contributed by atoms with Gasteiger partial charge in [0, 0.05) is 12.8 Å². The first-order valence-electron chi connectivity index (χ1n) is 23.4. The number of allylic oxidation sites excluding steroid dienone is 7. The second-order valence-corrected chi connectivity index (χ2v) is 18.6. The van der Waals surface area contributed by atoms with Crippen molar-refractivity contribution in [3.8, 4) is 0 Å². The lowest BCUT2D eigenvalue weighted by Gasteiger charge is -2.20. The van der Waals surface area contributed by atoms with Gasteiger partial charge in [-0.2, -0.15) is 0 Å². The molecule has 0 aromatic carbocycles. The third-order valence-electron chi connectivity index (χ3n) is 9.78. The monoisotopic (exact) mass is 923 g/mol. The van der Waals surface area contributed by atoms with E-state index in [2.05, 4.69) is 47.2 Å². The smallest absolute Gasteiger partial charge is 0.462 e. The normalized spacial score (nSPS) is 14.9. The van der Waals surface area contributed by atoms with Crippen LogP contribution >= 0.6 is 15.6 Å². The standard InChI is InChI=1S/C46H84O14P2/c1-3-5-7-9-11-13-15-17-18-19-20-22-24-26-28-30-32-36-46(50)60-44(41-59-62(54,55)58-39-43(48)38-57-61(51,52)53)40-56-45(49)37-33-35-42(47)34-31-29-27-25-23-21-16-14-12-10-8-6-4-2/h17-18,21,23,27,29,31,34,42-44,47-48H,3-16,19-20,22,24-26,28,30,32-33,35-41H2,1-2H3,(H,54,55)(H2,51,52,53)/b18-17-,23-21+,29-27+,34-31+/t42?,43-,44+/m0/s1. The van der Waals surface area contributed by atoms with Crippen molar-refractivity contribution in [2.75, 3.05) is 26.4 Å².